The fourth-order valence-corrected chi connectivity index (χ4v) is 6.71. The predicted octanol–water partition coefficient (Wildman–Crippen LogP) is 1.73. The van der Waals surface area contributed by atoms with Crippen LogP contribution in [0.5, 0.6) is 0 Å². The van der Waals surface area contributed by atoms with Gasteiger partial charge < -0.3 is 0 Å². The van der Waals surface area contributed by atoms with Gasteiger partial charge in [-0.3, -0.25) is 4.90 Å². The van der Waals surface area contributed by atoms with Gasteiger partial charge >= 0.3 is 0 Å². The van der Waals surface area contributed by atoms with Crippen LogP contribution in [0.3, 0.4) is 0 Å². The van der Waals surface area contributed by atoms with Crippen molar-refractivity contribution in [3.63, 3.8) is 0 Å². The second-order valence-corrected chi connectivity index (χ2v) is 7.37. The molecule has 0 amide bonds. The Labute approximate surface area is 104 Å². The van der Waals surface area contributed by atoms with E-state index in [1.165, 1.54) is 51.6 Å². The van der Waals surface area contributed by atoms with Gasteiger partial charge in [-0.05, 0) is 37.6 Å². The van der Waals surface area contributed by atoms with Crippen molar-refractivity contribution in [3.05, 3.63) is 0 Å². The topological polar surface area (TPSA) is 6.25 Å². The molecule has 4 aliphatic heterocycles. The number of fused-ring (bicyclic) bond motifs is 3. The molecule has 5 aliphatic rings. The lowest BCUT2D eigenvalue weighted by Gasteiger charge is -2.45. The SMILES string of the molecule is C=[N+]1C2CCC1C1(CCN3CC4CCC3C41)C2. The minimum Gasteiger partial charge on any atom is -0.300 e. The van der Waals surface area contributed by atoms with Crippen molar-refractivity contribution in [3.8, 4) is 0 Å². The molecule has 0 aromatic rings. The summed E-state index contributed by atoms with van der Waals surface area (Å²) in [6.45, 7) is 7.22. The van der Waals surface area contributed by atoms with Gasteiger partial charge in [0, 0.05) is 37.3 Å². The van der Waals surface area contributed by atoms with Gasteiger partial charge in [-0.1, -0.05) is 0 Å². The summed E-state index contributed by atoms with van der Waals surface area (Å²) in [6, 6.07) is 2.66. The third-order valence-electron chi connectivity index (χ3n) is 7.14. The highest BCUT2D eigenvalue weighted by Gasteiger charge is 2.69. The molecule has 4 saturated heterocycles. The van der Waals surface area contributed by atoms with Crippen molar-refractivity contribution >= 4 is 6.72 Å². The van der Waals surface area contributed by atoms with E-state index >= 15 is 0 Å². The van der Waals surface area contributed by atoms with Crippen LogP contribution in [-0.4, -0.2) is 47.4 Å². The van der Waals surface area contributed by atoms with E-state index in [0.717, 1.165) is 30.0 Å². The quantitative estimate of drug-likeness (QED) is 0.576. The molecule has 1 aliphatic carbocycles. The molecule has 7 unspecified atom stereocenters. The molecule has 0 radical (unpaired) electrons. The number of piperidine rings is 2. The van der Waals surface area contributed by atoms with Crippen LogP contribution in [-0.2, 0) is 0 Å². The summed E-state index contributed by atoms with van der Waals surface area (Å²) in [7, 11) is 0. The normalized spacial score (nSPS) is 62.9. The van der Waals surface area contributed by atoms with Crippen LogP contribution in [0, 0.1) is 17.3 Å². The van der Waals surface area contributed by atoms with E-state index in [1.54, 1.807) is 0 Å². The minimum atomic E-state index is 0.698. The summed E-state index contributed by atoms with van der Waals surface area (Å²) in [4.78, 5) is 2.82. The molecule has 0 N–H and O–H groups in total. The molecule has 2 nitrogen and oxygen atoms in total. The Hall–Kier alpha value is -0.370. The predicted molar refractivity (Wildman–Crippen MR) is 67.4 cm³/mol. The molecule has 17 heavy (non-hydrogen) atoms. The smallest absolute Gasteiger partial charge is 0.158 e. The lowest BCUT2D eigenvalue weighted by molar-refractivity contribution is -0.556. The first kappa shape index (κ1) is 9.55. The lowest BCUT2D eigenvalue weighted by atomic mass is 9.60. The highest BCUT2D eigenvalue weighted by atomic mass is 15.2. The molecule has 4 heterocycles. The molecule has 6 bridgehead atoms. The van der Waals surface area contributed by atoms with Gasteiger partial charge in [0.1, 0.15) is 6.72 Å². The van der Waals surface area contributed by atoms with Crippen LogP contribution in [0.15, 0.2) is 0 Å². The molecule has 92 valence electrons. The number of hydrogen-bond donors (Lipinski definition) is 0. The van der Waals surface area contributed by atoms with E-state index in [9.17, 15) is 0 Å². The lowest BCUT2D eigenvalue weighted by Crippen LogP contribution is -2.51. The van der Waals surface area contributed by atoms with Crippen molar-refractivity contribution in [1.29, 1.82) is 0 Å². The molecule has 0 aromatic carbocycles. The summed E-state index contributed by atoms with van der Waals surface area (Å²) >= 11 is 0. The Bertz CT molecular complexity index is 404. The Balaban J connectivity index is 1.62. The van der Waals surface area contributed by atoms with Gasteiger partial charge in [0.15, 0.2) is 12.1 Å². The highest BCUT2D eigenvalue weighted by Crippen LogP contribution is 2.64. The average molecular weight is 231 g/mol. The summed E-state index contributed by atoms with van der Waals surface area (Å²) < 4.78 is 2.52. The molecule has 5 fully saturated rings. The maximum Gasteiger partial charge on any atom is 0.158 e. The van der Waals surface area contributed by atoms with Crippen LogP contribution >= 0.6 is 0 Å². The van der Waals surface area contributed by atoms with Gasteiger partial charge in [0.25, 0.3) is 0 Å². The van der Waals surface area contributed by atoms with E-state index in [1.807, 2.05) is 0 Å². The molecule has 2 heteroatoms. The van der Waals surface area contributed by atoms with Gasteiger partial charge in [-0.2, -0.15) is 0 Å². The van der Waals surface area contributed by atoms with E-state index in [-0.39, 0.29) is 0 Å². The van der Waals surface area contributed by atoms with E-state index < -0.39 is 0 Å². The van der Waals surface area contributed by atoms with Crippen LogP contribution < -0.4 is 0 Å². The van der Waals surface area contributed by atoms with Crippen molar-refractivity contribution in [2.45, 2.75) is 56.7 Å². The summed E-state index contributed by atoms with van der Waals surface area (Å²) in [5.41, 5.74) is 0.698. The fourth-order valence-electron chi connectivity index (χ4n) is 6.71. The van der Waals surface area contributed by atoms with Crippen LogP contribution in [0.1, 0.15) is 38.5 Å². The molecule has 0 aromatic heterocycles. The van der Waals surface area contributed by atoms with Crippen LogP contribution in [0.4, 0.5) is 0 Å². The van der Waals surface area contributed by atoms with Gasteiger partial charge in [0.2, 0.25) is 0 Å². The summed E-state index contributed by atoms with van der Waals surface area (Å²) in [5.74, 6) is 2.10. The van der Waals surface area contributed by atoms with E-state index in [0.29, 0.717) is 5.41 Å². The third kappa shape index (κ3) is 0.905. The Kier molecular flexibility index (Phi) is 1.57. The maximum atomic E-state index is 4.38. The summed E-state index contributed by atoms with van der Waals surface area (Å²) in [6.07, 6.45) is 8.89. The van der Waals surface area contributed by atoms with Crippen molar-refractivity contribution in [1.82, 2.24) is 4.90 Å². The molecule has 5 rings (SSSR count). The number of hydrogen-bond acceptors (Lipinski definition) is 1. The Morgan fingerprint density at radius 1 is 1.18 bits per heavy atom. The van der Waals surface area contributed by atoms with E-state index in [2.05, 4.69) is 16.2 Å². The first-order valence-corrected chi connectivity index (χ1v) is 7.62. The van der Waals surface area contributed by atoms with Crippen LogP contribution in [0.2, 0.25) is 0 Å². The van der Waals surface area contributed by atoms with Gasteiger partial charge in [-0.15, -0.1) is 0 Å². The second-order valence-electron chi connectivity index (χ2n) is 7.37. The first-order valence-electron chi connectivity index (χ1n) is 7.62. The van der Waals surface area contributed by atoms with Gasteiger partial charge in [-0.25, -0.2) is 4.58 Å². The standard InChI is InChI=1S/C15H23N2/c1-16-11-3-5-13(16)15(8-11)6-7-17-9-10-2-4-12(17)14(10)15/h10-14H,1-9H2/q+1. The number of nitrogens with zero attached hydrogens (tertiary/aromatic N) is 2. The van der Waals surface area contributed by atoms with Crippen molar-refractivity contribution in [2.24, 2.45) is 17.3 Å². The Morgan fingerprint density at radius 3 is 2.88 bits per heavy atom. The molecule has 7 atom stereocenters. The fraction of sp³-hybridized carbons (Fsp3) is 0.933. The maximum absolute atomic E-state index is 4.38. The highest BCUT2D eigenvalue weighted by molar-refractivity contribution is 5.21. The molecule has 1 spiro atoms. The molecular formula is C15H23N2+. The van der Waals surface area contributed by atoms with Crippen molar-refractivity contribution < 1.29 is 4.58 Å². The van der Waals surface area contributed by atoms with E-state index in [4.69, 9.17) is 0 Å². The molecule has 1 saturated carbocycles. The Morgan fingerprint density at radius 2 is 2.12 bits per heavy atom. The third-order valence-corrected chi connectivity index (χ3v) is 7.14. The molecular weight excluding hydrogens is 208 g/mol. The largest absolute Gasteiger partial charge is 0.300 e. The van der Waals surface area contributed by atoms with Crippen LogP contribution in [0.25, 0.3) is 0 Å². The van der Waals surface area contributed by atoms with Gasteiger partial charge in [0.05, 0.1) is 0 Å². The first-order chi connectivity index (χ1) is 8.29. The zero-order valence-electron chi connectivity index (χ0n) is 10.6. The summed E-state index contributed by atoms with van der Waals surface area (Å²) in [5, 5.41) is 0. The zero-order valence-corrected chi connectivity index (χ0v) is 10.6. The average Bonchev–Trinajstić information content (AvgIpc) is 3.04. The monoisotopic (exact) mass is 231 g/mol. The number of rotatable bonds is 0. The second kappa shape index (κ2) is 2.79. The zero-order chi connectivity index (χ0) is 11.2. The minimum absolute atomic E-state index is 0.698. The van der Waals surface area contributed by atoms with Crippen molar-refractivity contribution in [2.75, 3.05) is 13.1 Å².